The highest BCUT2D eigenvalue weighted by Gasteiger charge is 2.26. The summed E-state index contributed by atoms with van der Waals surface area (Å²) in [6.45, 7) is 5.06. The molecule has 112 valence electrons. The molecule has 1 heterocycles. The summed E-state index contributed by atoms with van der Waals surface area (Å²) in [6, 6.07) is 6.01. The normalized spacial score (nSPS) is 19.2. The highest BCUT2D eigenvalue weighted by molar-refractivity contribution is 6.42. The summed E-state index contributed by atoms with van der Waals surface area (Å²) in [7, 11) is 0. The van der Waals surface area contributed by atoms with E-state index >= 15 is 0 Å². The van der Waals surface area contributed by atoms with Crippen LogP contribution < -0.4 is 5.73 Å². The molecule has 0 spiro atoms. The van der Waals surface area contributed by atoms with Crippen LogP contribution in [-0.2, 0) is 0 Å². The van der Waals surface area contributed by atoms with Crippen LogP contribution in [0.5, 0.6) is 0 Å². The lowest BCUT2D eigenvalue weighted by atomic mass is 9.91. The SMILES string of the molecule is CCCC1CCN(C(CN)c2cccc(Cl)c2Cl)CC1. The summed E-state index contributed by atoms with van der Waals surface area (Å²) in [5.74, 6) is 0.879. The Balaban J connectivity index is 2.08. The van der Waals surface area contributed by atoms with E-state index in [-0.39, 0.29) is 6.04 Å². The van der Waals surface area contributed by atoms with Crippen molar-refractivity contribution in [2.75, 3.05) is 19.6 Å². The van der Waals surface area contributed by atoms with Gasteiger partial charge < -0.3 is 5.73 Å². The Bertz CT molecular complexity index is 428. The Hall–Kier alpha value is -0.280. The number of benzene rings is 1. The lowest BCUT2D eigenvalue weighted by molar-refractivity contribution is 0.132. The van der Waals surface area contributed by atoms with Crippen LogP contribution in [0, 0.1) is 5.92 Å². The van der Waals surface area contributed by atoms with Gasteiger partial charge in [-0.25, -0.2) is 0 Å². The van der Waals surface area contributed by atoms with Crippen LogP contribution in [0.25, 0.3) is 0 Å². The van der Waals surface area contributed by atoms with Gasteiger partial charge in [-0.1, -0.05) is 55.1 Å². The third-order valence-corrected chi connectivity index (χ3v) is 5.18. The zero-order chi connectivity index (χ0) is 14.5. The third-order valence-electron chi connectivity index (χ3n) is 4.35. The molecule has 0 radical (unpaired) electrons. The number of hydrogen-bond donors (Lipinski definition) is 1. The van der Waals surface area contributed by atoms with Crippen molar-refractivity contribution in [2.45, 2.75) is 38.6 Å². The molecule has 1 aromatic carbocycles. The fraction of sp³-hybridized carbons (Fsp3) is 0.625. The minimum absolute atomic E-state index is 0.184. The Morgan fingerprint density at radius 1 is 1.30 bits per heavy atom. The van der Waals surface area contributed by atoms with E-state index in [0.717, 1.165) is 24.6 Å². The first kappa shape index (κ1) is 16.1. The number of likely N-dealkylation sites (tertiary alicyclic amines) is 1. The minimum Gasteiger partial charge on any atom is -0.329 e. The lowest BCUT2D eigenvalue weighted by Gasteiger charge is -2.37. The molecule has 1 aliphatic rings. The van der Waals surface area contributed by atoms with Crippen LogP contribution in [0.2, 0.25) is 10.0 Å². The summed E-state index contributed by atoms with van der Waals surface area (Å²) in [5.41, 5.74) is 7.07. The lowest BCUT2D eigenvalue weighted by Crippen LogP contribution is -2.40. The molecule has 1 saturated heterocycles. The molecular formula is C16H24Cl2N2. The van der Waals surface area contributed by atoms with E-state index in [1.54, 1.807) is 0 Å². The highest BCUT2D eigenvalue weighted by atomic mass is 35.5. The van der Waals surface area contributed by atoms with E-state index in [0.29, 0.717) is 16.6 Å². The Morgan fingerprint density at radius 2 is 2.00 bits per heavy atom. The van der Waals surface area contributed by atoms with E-state index in [2.05, 4.69) is 11.8 Å². The second-order valence-electron chi connectivity index (χ2n) is 5.66. The molecule has 2 N–H and O–H groups in total. The van der Waals surface area contributed by atoms with Gasteiger partial charge in [0, 0.05) is 12.6 Å². The molecule has 4 heteroatoms. The second kappa shape index (κ2) is 7.65. The van der Waals surface area contributed by atoms with Crippen molar-refractivity contribution in [3.8, 4) is 0 Å². The molecular weight excluding hydrogens is 291 g/mol. The quantitative estimate of drug-likeness (QED) is 0.866. The monoisotopic (exact) mass is 314 g/mol. The van der Waals surface area contributed by atoms with Gasteiger partial charge in [0.2, 0.25) is 0 Å². The standard InChI is InChI=1S/C16H24Cl2N2/c1-2-4-12-7-9-20(10-8-12)15(11-19)13-5-3-6-14(17)16(13)18/h3,5-6,12,15H,2,4,7-11,19H2,1H3. The maximum Gasteiger partial charge on any atom is 0.0640 e. The van der Waals surface area contributed by atoms with E-state index in [4.69, 9.17) is 28.9 Å². The molecule has 0 aliphatic carbocycles. The van der Waals surface area contributed by atoms with Crippen LogP contribution in [-0.4, -0.2) is 24.5 Å². The van der Waals surface area contributed by atoms with Crippen molar-refractivity contribution in [3.05, 3.63) is 33.8 Å². The molecule has 0 amide bonds. The van der Waals surface area contributed by atoms with Crippen molar-refractivity contribution >= 4 is 23.2 Å². The van der Waals surface area contributed by atoms with E-state index < -0.39 is 0 Å². The predicted octanol–water partition coefficient (Wildman–Crippen LogP) is 4.51. The highest BCUT2D eigenvalue weighted by Crippen LogP contribution is 2.34. The summed E-state index contributed by atoms with van der Waals surface area (Å²) in [4.78, 5) is 2.46. The number of nitrogens with zero attached hydrogens (tertiary/aromatic N) is 1. The largest absolute Gasteiger partial charge is 0.329 e. The number of piperidine rings is 1. The van der Waals surface area contributed by atoms with Crippen molar-refractivity contribution in [2.24, 2.45) is 11.7 Å². The Kier molecular flexibility index (Phi) is 6.16. The molecule has 0 aromatic heterocycles. The summed E-state index contributed by atoms with van der Waals surface area (Å²) < 4.78 is 0. The van der Waals surface area contributed by atoms with Gasteiger partial charge in [0.15, 0.2) is 0 Å². The molecule has 1 atom stereocenters. The number of nitrogens with two attached hydrogens (primary N) is 1. The molecule has 1 aromatic rings. The first-order chi connectivity index (χ1) is 9.67. The average Bonchev–Trinajstić information content (AvgIpc) is 2.46. The van der Waals surface area contributed by atoms with Gasteiger partial charge in [-0.2, -0.15) is 0 Å². The zero-order valence-electron chi connectivity index (χ0n) is 12.1. The molecule has 2 nitrogen and oxygen atoms in total. The van der Waals surface area contributed by atoms with Gasteiger partial charge in [-0.05, 0) is 43.5 Å². The smallest absolute Gasteiger partial charge is 0.0640 e. The first-order valence-electron chi connectivity index (χ1n) is 7.55. The van der Waals surface area contributed by atoms with E-state index in [1.807, 2.05) is 18.2 Å². The number of hydrogen-bond acceptors (Lipinski definition) is 2. The molecule has 0 saturated carbocycles. The maximum atomic E-state index is 6.35. The van der Waals surface area contributed by atoms with Crippen molar-refractivity contribution < 1.29 is 0 Å². The fourth-order valence-electron chi connectivity index (χ4n) is 3.21. The van der Waals surface area contributed by atoms with E-state index in [1.165, 1.54) is 25.7 Å². The minimum atomic E-state index is 0.184. The molecule has 1 unspecified atom stereocenters. The topological polar surface area (TPSA) is 29.3 Å². The van der Waals surface area contributed by atoms with Crippen LogP contribution >= 0.6 is 23.2 Å². The van der Waals surface area contributed by atoms with Crippen molar-refractivity contribution in [1.82, 2.24) is 4.90 Å². The van der Waals surface area contributed by atoms with Gasteiger partial charge in [0.25, 0.3) is 0 Å². The maximum absolute atomic E-state index is 6.35. The molecule has 1 aliphatic heterocycles. The average molecular weight is 315 g/mol. The fourth-order valence-corrected chi connectivity index (χ4v) is 3.65. The predicted molar refractivity (Wildman–Crippen MR) is 87.5 cm³/mol. The third kappa shape index (κ3) is 3.67. The van der Waals surface area contributed by atoms with Gasteiger partial charge in [-0.3, -0.25) is 4.90 Å². The molecule has 20 heavy (non-hydrogen) atoms. The van der Waals surface area contributed by atoms with Gasteiger partial charge in [0.1, 0.15) is 0 Å². The van der Waals surface area contributed by atoms with Gasteiger partial charge >= 0.3 is 0 Å². The van der Waals surface area contributed by atoms with Crippen molar-refractivity contribution in [1.29, 1.82) is 0 Å². The number of rotatable bonds is 5. The Morgan fingerprint density at radius 3 is 2.60 bits per heavy atom. The Labute approximate surface area is 132 Å². The van der Waals surface area contributed by atoms with E-state index in [9.17, 15) is 0 Å². The van der Waals surface area contributed by atoms with Crippen LogP contribution in [0.3, 0.4) is 0 Å². The summed E-state index contributed by atoms with van der Waals surface area (Å²) >= 11 is 12.5. The summed E-state index contributed by atoms with van der Waals surface area (Å²) in [6.07, 6.45) is 5.16. The summed E-state index contributed by atoms with van der Waals surface area (Å²) in [5, 5.41) is 1.27. The van der Waals surface area contributed by atoms with Gasteiger partial charge in [-0.15, -0.1) is 0 Å². The molecule has 1 fully saturated rings. The first-order valence-corrected chi connectivity index (χ1v) is 8.31. The molecule has 0 bridgehead atoms. The zero-order valence-corrected chi connectivity index (χ0v) is 13.6. The van der Waals surface area contributed by atoms with Gasteiger partial charge in [0.05, 0.1) is 10.0 Å². The number of halogens is 2. The molecule has 2 rings (SSSR count). The second-order valence-corrected chi connectivity index (χ2v) is 6.45. The van der Waals surface area contributed by atoms with Crippen molar-refractivity contribution in [3.63, 3.8) is 0 Å². The van der Waals surface area contributed by atoms with Crippen LogP contribution in [0.15, 0.2) is 18.2 Å². The van der Waals surface area contributed by atoms with Crippen LogP contribution in [0.4, 0.5) is 0 Å². The van der Waals surface area contributed by atoms with Crippen LogP contribution in [0.1, 0.15) is 44.2 Å².